The number of ether oxygens (including phenoxy) is 1. The highest BCUT2D eigenvalue weighted by atomic mass is 32.2. The summed E-state index contributed by atoms with van der Waals surface area (Å²) in [6, 6.07) is -0.0802. The highest BCUT2D eigenvalue weighted by Gasteiger charge is 2.30. The standard InChI is InChI=1S/C13H23NO2S/c1-9-3-4-11(7-10(9)2)16-13(15)12-8-17-6-5-14-12/h9-12,14H,3-8H2,1-2H3. The highest BCUT2D eigenvalue weighted by molar-refractivity contribution is 7.99. The van der Waals surface area contributed by atoms with Crippen LogP contribution in [0.15, 0.2) is 0 Å². The molecule has 1 aliphatic heterocycles. The summed E-state index contributed by atoms with van der Waals surface area (Å²) in [6.07, 6.45) is 3.41. The summed E-state index contributed by atoms with van der Waals surface area (Å²) in [7, 11) is 0. The Kier molecular flexibility index (Phi) is 4.74. The molecule has 4 atom stereocenters. The lowest BCUT2D eigenvalue weighted by molar-refractivity contribution is -0.153. The van der Waals surface area contributed by atoms with E-state index in [1.165, 1.54) is 6.42 Å². The Hall–Kier alpha value is -0.220. The highest BCUT2D eigenvalue weighted by Crippen LogP contribution is 2.31. The predicted molar refractivity (Wildman–Crippen MR) is 71.2 cm³/mol. The maximum Gasteiger partial charge on any atom is 0.324 e. The molecule has 0 spiro atoms. The molecule has 3 nitrogen and oxygen atoms in total. The number of carbonyl (C=O) groups is 1. The fourth-order valence-electron chi connectivity index (χ4n) is 2.57. The minimum atomic E-state index is -0.0802. The Morgan fingerprint density at radius 2 is 2.12 bits per heavy atom. The Morgan fingerprint density at radius 3 is 2.76 bits per heavy atom. The molecular formula is C13H23NO2S. The average molecular weight is 257 g/mol. The first kappa shape index (κ1) is 13.2. The van der Waals surface area contributed by atoms with E-state index >= 15 is 0 Å². The molecule has 98 valence electrons. The molecule has 4 heteroatoms. The molecule has 1 aliphatic carbocycles. The molecule has 2 rings (SSSR count). The zero-order chi connectivity index (χ0) is 12.3. The maximum absolute atomic E-state index is 12.0. The van der Waals surface area contributed by atoms with Crippen molar-refractivity contribution in [3.8, 4) is 0 Å². The molecule has 0 aromatic carbocycles. The maximum atomic E-state index is 12.0. The van der Waals surface area contributed by atoms with Gasteiger partial charge in [0.15, 0.2) is 0 Å². The minimum Gasteiger partial charge on any atom is -0.461 e. The van der Waals surface area contributed by atoms with Crippen molar-refractivity contribution in [2.45, 2.75) is 45.3 Å². The van der Waals surface area contributed by atoms with E-state index in [4.69, 9.17) is 4.74 Å². The van der Waals surface area contributed by atoms with Crippen LogP contribution in [0.25, 0.3) is 0 Å². The van der Waals surface area contributed by atoms with Gasteiger partial charge in [0.25, 0.3) is 0 Å². The number of nitrogens with one attached hydrogen (secondary N) is 1. The van der Waals surface area contributed by atoms with Crippen molar-refractivity contribution in [3.63, 3.8) is 0 Å². The summed E-state index contributed by atoms with van der Waals surface area (Å²) in [4.78, 5) is 12.0. The number of thioether (sulfide) groups is 1. The van der Waals surface area contributed by atoms with Gasteiger partial charge < -0.3 is 10.1 Å². The van der Waals surface area contributed by atoms with Gasteiger partial charge in [-0.3, -0.25) is 4.79 Å². The van der Waals surface area contributed by atoms with E-state index in [0.29, 0.717) is 5.92 Å². The molecule has 0 amide bonds. The lowest BCUT2D eigenvalue weighted by Crippen LogP contribution is -2.45. The van der Waals surface area contributed by atoms with Crippen LogP contribution >= 0.6 is 11.8 Å². The van der Waals surface area contributed by atoms with Crippen molar-refractivity contribution in [1.29, 1.82) is 0 Å². The number of rotatable bonds is 2. The first-order chi connectivity index (χ1) is 8.16. The summed E-state index contributed by atoms with van der Waals surface area (Å²) < 4.78 is 5.63. The molecule has 1 saturated carbocycles. The number of esters is 1. The van der Waals surface area contributed by atoms with Gasteiger partial charge in [-0.15, -0.1) is 0 Å². The monoisotopic (exact) mass is 257 g/mol. The van der Waals surface area contributed by atoms with Gasteiger partial charge in [0.1, 0.15) is 12.1 Å². The van der Waals surface area contributed by atoms with Crippen LogP contribution in [0, 0.1) is 11.8 Å². The number of hydrogen-bond donors (Lipinski definition) is 1. The molecule has 4 unspecified atom stereocenters. The van der Waals surface area contributed by atoms with Crippen molar-refractivity contribution in [2.24, 2.45) is 11.8 Å². The zero-order valence-corrected chi connectivity index (χ0v) is 11.6. The number of carbonyl (C=O) groups excluding carboxylic acids is 1. The third-order valence-corrected chi connectivity index (χ3v) is 5.10. The van der Waals surface area contributed by atoms with Crippen molar-refractivity contribution < 1.29 is 9.53 Å². The second kappa shape index (κ2) is 6.10. The van der Waals surface area contributed by atoms with Crippen LogP contribution in [-0.2, 0) is 9.53 Å². The Bertz CT molecular complexity index is 266. The third-order valence-electron chi connectivity index (χ3n) is 4.04. The van der Waals surface area contributed by atoms with Gasteiger partial charge in [0.2, 0.25) is 0 Å². The normalized spacial score (nSPS) is 38.7. The van der Waals surface area contributed by atoms with Gasteiger partial charge in [0, 0.05) is 18.1 Å². The molecule has 1 N–H and O–H groups in total. The summed E-state index contributed by atoms with van der Waals surface area (Å²) in [5.74, 6) is 3.37. The molecule has 0 aromatic rings. The fourth-order valence-corrected chi connectivity index (χ4v) is 3.49. The van der Waals surface area contributed by atoms with Crippen LogP contribution in [0.1, 0.15) is 33.1 Å². The Morgan fingerprint density at radius 1 is 1.29 bits per heavy atom. The van der Waals surface area contributed by atoms with Crippen LogP contribution in [0.2, 0.25) is 0 Å². The first-order valence-corrected chi connectivity index (χ1v) is 7.84. The molecule has 2 fully saturated rings. The van der Waals surface area contributed by atoms with Gasteiger partial charge in [-0.2, -0.15) is 11.8 Å². The quantitative estimate of drug-likeness (QED) is 0.769. The average Bonchev–Trinajstić information content (AvgIpc) is 2.35. The lowest BCUT2D eigenvalue weighted by atomic mass is 9.80. The third kappa shape index (κ3) is 3.62. The largest absolute Gasteiger partial charge is 0.461 e. The fraction of sp³-hybridized carbons (Fsp3) is 0.923. The molecule has 0 aromatic heterocycles. The number of hydrogen-bond acceptors (Lipinski definition) is 4. The van der Waals surface area contributed by atoms with Crippen molar-refractivity contribution in [1.82, 2.24) is 5.32 Å². The van der Waals surface area contributed by atoms with Crippen LogP contribution < -0.4 is 5.32 Å². The molecule has 1 saturated heterocycles. The first-order valence-electron chi connectivity index (χ1n) is 6.68. The van der Waals surface area contributed by atoms with E-state index in [2.05, 4.69) is 19.2 Å². The van der Waals surface area contributed by atoms with Crippen LogP contribution in [0.4, 0.5) is 0 Å². The summed E-state index contributed by atoms with van der Waals surface area (Å²) in [6.45, 7) is 5.48. The summed E-state index contributed by atoms with van der Waals surface area (Å²) in [5.41, 5.74) is 0. The Balaban J connectivity index is 1.78. The topological polar surface area (TPSA) is 38.3 Å². The van der Waals surface area contributed by atoms with Crippen molar-refractivity contribution in [2.75, 3.05) is 18.1 Å². The van der Waals surface area contributed by atoms with Crippen LogP contribution in [0.3, 0.4) is 0 Å². The second-order valence-corrected chi connectivity index (χ2v) is 6.56. The second-order valence-electron chi connectivity index (χ2n) is 5.41. The molecule has 17 heavy (non-hydrogen) atoms. The van der Waals surface area contributed by atoms with E-state index < -0.39 is 0 Å². The van der Waals surface area contributed by atoms with E-state index in [9.17, 15) is 4.79 Å². The Labute approximate surface area is 108 Å². The van der Waals surface area contributed by atoms with Crippen LogP contribution in [0.5, 0.6) is 0 Å². The van der Waals surface area contributed by atoms with Gasteiger partial charge in [0.05, 0.1) is 0 Å². The van der Waals surface area contributed by atoms with Crippen molar-refractivity contribution in [3.05, 3.63) is 0 Å². The molecule has 2 aliphatic rings. The minimum absolute atomic E-state index is 0.0380. The smallest absolute Gasteiger partial charge is 0.324 e. The van der Waals surface area contributed by atoms with Crippen LogP contribution in [-0.4, -0.2) is 36.2 Å². The van der Waals surface area contributed by atoms with E-state index in [-0.39, 0.29) is 18.1 Å². The van der Waals surface area contributed by atoms with E-state index in [1.807, 2.05) is 11.8 Å². The van der Waals surface area contributed by atoms with Gasteiger partial charge in [-0.05, 0) is 31.1 Å². The van der Waals surface area contributed by atoms with Gasteiger partial charge in [-0.25, -0.2) is 0 Å². The SMILES string of the molecule is CC1CCC(OC(=O)C2CSCCN2)CC1C. The molecule has 1 heterocycles. The van der Waals surface area contributed by atoms with E-state index in [1.54, 1.807) is 0 Å². The van der Waals surface area contributed by atoms with Gasteiger partial charge in [-0.1, -0.05) is 13.8 Å². The summed E-state index contributed by atoms with van der Waals surface area (Å²) in [5, 5.41) is 3.23. The molecular weight excluding hydrogens is 234 g/mol. The predicted octanol–water partition coefficient (Wildman–Crippen LogP) is 2.06. The molecule has 0 bridgehead atoms. The molecule has 0 radical (unpaired) electrons. The van der Waals surface area contributed by atoms with Gasteiger partial charge >= 0.3 is 5.97 Å². The zero-order valence-electron chi connectivity index (χ0n) is 10.8. The van der Waals surface area contributed by atoms with E-state index in [0.717, 1.165) is 36.8 Å². The summed E-state index contributed by atoms with van der Waals surface area (Å²) >= 11 is 1.83. The lowest BCUT2D eigenvalue weighted by Gasteiger charge is -2.33. The van der Waals surface area contributed by atoms with Crippen molar-refractivity contribution >= 4 is 17.7 Å².